The topological polar surface area (TPSA) is 144 Å². The van der Waals surface area contributed by atoms with E-state index in [0.29, 0.717) is 43.1 Å². The summed E-state index contributed by atoms with van der Waals surface area (Å²) in [6.07, 6.45) is 5.48. The fourth-order valence-corrected chi connectivity index (χ4v) is 5.08. The number of aliphatic carboxylic acids is 1. The second-order valence-corrected chi connectivity index (χ2v) is 10.5. The van der Waals surface area contributed by atoms with Crippen LogP contribution in [0.25, 0.3) is 0 Å². The molecule has 2 aliphatic rings. The number of carboxylic acids is 1. The summed E-state index contributed by atoms with van der Waals surface area (Å²) < 4.78 is 0. The van der Waals surface area contributed by atoms with Crippen LogP contribution in [-0.2, 0) is 9.59 Å². The van der Waals surface area contributed by atoms with E-state index in [1.807, 2.05) is 23.1 Å². The van der Waals surface area contributed by atoms with Crippen LogP contribution in [0.2, 0.25) is 0 Å². The molecule has 4 amide bonds. The summed E-state index contributed by atoms with van der Waals surface area (Å²) in [5.74, 6) is -1.17. The Balaban J connectivity index is 1.38. The smallest absolute Gasteiger partial charge is 0.323 e. The molecule has 11 nitrogen and oxygen atoms in total. The van der Waals surface area contributed by atoms with Gasteiger partial charge in [0.15, 0.2) is 0 Å². The molecule has 5 rings (SSSR count). The number of pyridine rings is 1. The zero-order valence-corrected chi connectivity index (χ0v) is 23.2. The van der Waals surface area contributed by atoms with E-state index in [1.54, 1.807) is 48.7 Å². The van der Waals surface area contributed by atoms with E-state index in [-0.39, 0.29) is 23.8 Å². The number of urea groups is 1. The highest BCUT2D eigenvalue weighted by atomic mass is 16.4. The van der Waals surface area contributed by atoms with Gasteiger partial charge in [-0.05, 0) is 61.2 Å². The summed E-state index contributed by atoms with van der Waals surface area (Å²) in [6, 6.07) is 16.2. The van der Waals surface area contributed by atoms with Crippen LogP contribution in [0.4, 0.5) is 21.9 Å². The number of nitrogens with one attached hydrogen (secondary N) is 3. The van der Waals surface area contributed by atoms with Crippen LogP contribution in [0, 0.1) is 5.92 Å². The number of rotatable bonds is 9. The average Bonchev–Trinajstić information content (AvgIpc) is 3.85. The second-order valence-electron chi connectivity index (χ2n) is 10.5. The molecular weight excluding hydrogens is 536 g/mol. The standard InChI is InChI=1S/C31H34N6O5/c38-28(39)19-25(23-6-4-13-32-20-23)34-29(40)22-11-12-27(26(18-22)35-31(42)33-24-7-2-1-3-8-24)36-14-5-15-37(17-16-36)30(41)21-9-10-21/h1-4,6-8,11-13,18,20-21,25H,5,9-10,14-17,19H2,(H,34,40)(H,38,39)(H2,33,35,42). The maximum absolute atomic E-state index is 13.4. The Morgan fingerprint density at radius 1 is 0.929 bits per heavy atom. The van der Waals surface area contributed by atoms with E-state index < -0.39 is 23.9 Å². The van der Waals surface area contributed by atoms with Crippen molar-refractivity contribution >= 4 is 40.9 Å². The first-order valence-electron chi connectivity index (χ1n) is 14.1. The predicted molar refractivity (Wildman–Crippen MR) is 158 cm³/mol. The van der Waals surface area contributed by atoms with Crippen molar-refractivity contribution in [1.29, 1.82) is 0 Å². The fourth-order valence-electron chi connectivity index (χ4n) is 5.08. The number of carbonyl (C=O) groups excluding carboxylic acids is 3. The Kier molecular flexibility index (Phi) is 8.96. The first kappa shape index (κ1) is 28.6. The first-order valence-corrected chi connectivity index (χ1v) is 14.1. The number of hydrogen-bond donors (Lipinski definition) is 4. The number of carbonyl (C=O) groups is 4. The average molecular weight is 571 g/mol. The number of nitrogens with zero attached hydrogens (tertiary/aromatic N) is 3. The van der Waals surface area contributed by atoms with Gasteiger partial charge in [-0.3, -0.25) is 19.4 Å². The van der Waals surface area contributed by atoms with Crippen molar-refractivity contribution in [2.45, 2.75) is 31.7 Å². The molecule has 42 heavy (non-hydrogen) atoms. The van der Waals surface area contributed by atoms with Gasteiger partial charge in [0.1, 0.15) is 0 Å². The monoisotopic (exact) mass is 570 g/mol. The Hall–Kier alpha value is -4.93. The summed E-state index contributed by atoms with van der Waals surface area (Å²) in [7, 11) is 0. The third-order valence-electron chi connectivity index (χ3n) is 7.38. The maximum atomic E-state index is 13.4. The summed E-state index contributed by atoms with van der Waals surface area (Å²) in [5.41, 5.74) is 2.59. The molecule has 1 unspecified atom stereocenters. The van der Waals surface area contributed by atoms with Gasteiger partial charge >= 0.3 is 12.0 Å². The molecule has 4 N–H and O–H groups in total. The molecule has 1 atom stereocenters. The Labute approximate surface area is 243 Å². The third kappa shape index (κ3) is 7.42. The van der Waals surface area contributed by atoms with Gasteiger partial charge in [0, 0.05) is 55.7 Å². The number of carboxylic acid groups (broad SMARTS) is 1. The number of benzene rings is 2. The summed E-state index contributed by atoms with van der Waals surface area (Å²) in [4.78, 5) is 58.7. The maximum Gasteiger partial charge on any atom is 0.323 e. The lowest BCUT2D eigenvalue weighted by atomic mass is 10.0. The Morgan fingerprint density at radius 3 is 2.45 bits per heavy atom. The van der Waals surface area contributed by atoms with E-state index >= 15 is 0 Å². The largest absolute Gasteiger partial charge is 0.481 e. The molecule has 2 heterocycles. The lowest BCUT2D eigenvalue weighted by molar-refractivity contribution is -0.137. The number of hydrogen-bond acceptors (Lipinski definition) is 6. The molecular formula is C31H34N6O5. The molecule has 1 aliphatic carbocycles. The normalized spacial score (nSPS) is 15.7. The first-order chi connectivity index (χ1) is 20.4. The molecule has 0 radical (unpaired) electrons. The van der Waals surface area contributed by atoms with Gasteiger partial charge in [-0.2, -0.15) is 0 Å². The minimum atomic E-state index is -1.06. The van der Waals surface area contributed by atoms with Gasteiger partial charge in [0.25, 0.3) is 5.91 Å². The molecule has 0 bridgehead atoms. The molecule has 11 heteroatoms. The van der Waals surface area contributed by atoms with Gasteiger partial charge in [0.05, 0.1) is 23.8 Å². The number of amides is 4. The van der Waals surface area contributed by atoms with Crippen LogP contribution < -0.4 is 20.9 Å². The Bertz CT molecular complexity index is 1430. The van der Waals surface area contributed by atoms with E-state index in [1.165, 1.54) is 6.20 Å². The van der Waals surface area contributed by atoms with Gasteiger partial charge in [0.2, 0.25) is 5.91 Å². The zero-order chi connectivity index (χ0) is 29.5. The van der Waals surface area contributed by atoms with Gasteiger partial charge in [-0.25, -0.2) is 4.79 Å². The van der Waals surface area contributed by atoms with Crippen LogP contribution in [0.1, 0.15) is 47.6 Å². The lowest BCUT2D eigenvalue weighted by Gasteiger charge is -2.27. The molecule has 2 fully saturated rings. The van der Waals surface area contributed by atoms with E-state index in [4.69, 9.17) is 0 Å². The number of aromatic nitrogens is 1. The Morgan fingerprint density at radius 2 is 1.74 bits per heavy atom. The van der Waals surface area contributed by atoms with E-state index in [9.17, 15) is 24.3 Å². The van der Waals surface area contributed by atoms with Crippen molar-refractivity contribution in [3.8, 4) is 0 Å². The van der Waals surface area contributed by atoms with E-state index in [0.717, 1.165) is 24.9 Å². The molecule has 0 spiro atoms. The third-order valence-corrected chi connectivity index (χ3v) is 7.38. The fraction of sp³-hybridized carbons (Fsp3) is 0.323. The quantitative estimate of drug-likeness (QED) is 0.303. The van der Waals surface area contributed by atoms with Crippen LogP contribution in [0.5, 0.6) is 0 Å². The predicted octanol–water partition coefficient (Wildman–Crippen LogP) is 4.12. The molecule has 2 aromatic carbocycles. The second kappa shape index (κ2) is 13.2. The van der Waals surface area contributed by atoms with Crippen LogP contribution in [-0.4, -0.2) is 65.0 Å². The zero-order valence-electron chi connectivity index (χ0n) is 23.2. The van der Waals surface area contributed by atoms with Crippen LogP contribution in [0.3, 0.4) is 0 Å². The van der Waals surface area contributed by atoms with Crippen molar-refractivity contribution in [3.05, 3.63) is 84.2 Å². The van der Waals surface area contributed by atoms with Crippen molar-refractivity contribution < 1.29 is 24.3 Å². The summed E-state index contributed by atoms with van der Waals surface area (Å²) in [6.45, 7) is 2.52. The van der Waals surface area contributed by atoms with Crippen molar-refractivity contribution in [1.82, 2.24) is 15.2 Å². The molecule has 1 saturated heterocycles. The number of anilines is 3. The van der Waals surface area contributed by atoms with Crippen LogP contribution >= 0.6 is 0 Å². The SMILES string of the molecule is O=C(O)CC(NC(=O)c1ccc(N2CCCN(C(=O)C3CC3)CC2)c(NC(=O)Nc2ccccc2)c1)c1cccnc1. The number of para-hydroxylation sites is 1. The summed E-state index contributed by atoms with van der Waals surface area (Å²) in [5, 5.41) is 17.9. The molecule has 3 aromatic rings. The lowest BCUT2D eigenvalue weighted by Crippen LogP contribution is -2.36. The molecule has 218 valence electrons. The van der Waals surface area contributed by atoms with Gasteiger partial charge < -0.3 is 30.9 Å². The highest BCUT2D eigenvalue weighted by molar-refractivity contribution is 6.04. The highest BCUT2D eigenvalue weighted by Crippen LogP contribution is 2.33. The van der Waals surface area contributed by atoms with Crippen molar-refractivity contribution in [2.75, 3.05) is 41.7 Å². The minimum Gasteiger partial charge on any atom is -0.481 e. The van der Waals surface area contributed by atoms with Crippen molar-refractivity contribution in [2.24, 2.45) is 5.92 Å². The van der Waals surface area contributed by atoms with E-state index in [2.05, 4.69) is 25.8 Å². The van der Waals surface area contributed by atoms with Gasteiger partial charge in [-0.15, -0.1) is 0 Å². The van der Waals surface area contributed by atoms with Crippen molar-refractivity contribution in [3.63, 3.8) is 0 Å². The van der Waals surface area contributed by atoms with Crippen LogP contribution in [0.15, 0.2) is 73.1 Å². The highest BCUT2D eigenvalue weighted by Gasteiger charge is 2.34. The molecule has 1 saturated carbocycles. The minimum absolute atomic E-state index is 0.157. The summed E-state index contributed by atoms with van der Waals surface area (Å²) >= 11 is 0. The molecule has 1 aromatic heterocycles. The van der Waals surface area contributed by atoms with Gasteiger partial charge in [-0.1, -0.05) is 24.3 Å². The molecule has 1 aliphatic heterocycles.